The van der Waals surface area contributed by atoms with Gasteiger partial charge in [0, 0.05) is 24.3 Å². The number of hydrogen-bond donors (Lipinski definition) is 2. The standard InChI is InChI=1S/C16H16N4O5S/c1-10-11(15(19-25-10)12-4-2-3-5-17-12)9-23-13-8-14(26-20-13)24-16(22)18-6-7-21/h2-5,8,21H,6-7,9H2,1H3,(H,18,22). The number of rotatable bonds is 7. The minimum Gasteiger partial charge on any atom is -0.472 e. The summed E-state index contributed by atoms with van der Waals surface area (Å²) in [6, 6.07) is 7.02. The highest BCUT2D eigenvalue weighted by molar-refractivity contribution is 7.08. The molecule has 0 saturated carbocycles. The van der Waals surface area contributed by atoms with Crippen LogP contribution in [0, 0.1) is 6.92 Å². The van der Waals surface area contributed by atoms with Crippen molar-refractivity contribution >= 4 is 17.6 Å². The maximum absolute atomic E-state index is 11.4. The fourth-order valence-corrected chi connectivity index (χ4v) is 2.61. The Bertz CT molecular complexity index is 865. The van der Waals surface area contributed by atoms with Gasteiger partial charge in [-0.05, 0) is 19.1 Å². The zero-order valence-electron chi connectivity index (χ0n) is 13.8. The van der Waals surface area contributed by atoms with Gasteiger partial charge in [-0.25, -0.2) is 4.79 Å². The number of aliphatic hydroxyl groups is 1. The van der Waals surface area contributed by atoms with Crippen molar-refractivity contribution in [3.8, 4) is 22.3 Å². The van der Waals surface area contributed by atoms with Crippen molar-refractivity contribution < 1.29 is 23.9 Å². The summed E-state index contributed by atoms with van der Waals surface area (Å²) < 4.78 is 20.0. The quantitative estimate of drug-likeness (QED) is 0.644. The molecule has 0 aromatic carbocycles. The third kappa shape index (κ3) is 4.35. The number of amides is 1. The predicted octanol–water partition coefficient (Wildman–Crippen LogP) is 2.16. The number of aromatic nitrogens is 3. The van der Waals surface area contributed by atoms with Gasteiger partial charge in [0.25, 0.3) is 0 Å². The van der Waals surface area contributed by atoms with E-state index in [1.165, 1.54) is 6.07 Å². The van der Waals surface area contributed by atoms with Crippen molar-refractivity contribution in [2.24, 2.45) is 0 Å². The number of aryl methyl sites for hydroxylation is 1. The summed E-state index contributed by atoms with van der Waals surface area (Å²) in [5.74, 6) is 0.938. The van der Waals surface area contributed by atoms with Crippen LogP contribution >= 0.6 is 11.5 Å². The fourth-order valence-electron chi connectivity index (χ4n) is 2.06. The molecule has 0 radical (unpaired) electrons. The molecule has 0 atom stereocenters. The molecule has 9 nitrogen and oxygen atoms in total. The summed E-state index contributed by atoms with van der Waals surface area (Å²) in [4.78, 5) is 15.7. The SMILES string of the molecule is Cc1onc(-c2ccccn2)c1COc1cc(OC(=O)NCCO)sn1. The largest absolute Gasteiger partial charge is 0.472 e. The molecular formula is C16H16N4O5S. The first-order valence-corrected chi connectivity index (χ1v) is 8.47. The smallest absolute Gasteiger partial charge is 0.413 e. The van der Waals surface area contributed by atoms with E-state index in [9.17, 15) is 4.79 Å². The second kappa shape index (κ2) is 8.41. The van der Waals surface area contributed by atoms with Crippen LogP contribution in [0.3, 0.4) is 0 Å². The first-order valence-electron chi connectivity index (χ1n) is 7.70. The van der Waals surface area contributed by atoms with E-state index in [2.05, 4.69) is 19.8 Å². The first-order chi connectivity index (χ1) is 12.7. The topological polar surface area (TPSA) is 120 Å². The number of carbonyl (C=O) groups is 1. The number of nitrogens with one attached hydrogen (secondary N) is 1. The average molecular weight is 376 g/mol. The summed E-state index contributed by atoms with van der Waals surface area (Å²) in [5, 5.41) is 15.4. The molecule has 2 N–H and O–H groups in total. The summed E-state index contributed by atoms with van der Waals surface area (Å²) >= 11 is 0.981. The van der Waals surface area contributed by atoms with Crippen molar-refractivity contribution in [3.05, 3.63) is 41.8 Å². The van der Waals surface area contributed by atoms with Crippen molar-refractivity contribution in [3.63, 3.8) is 0 Å². The molecule has 3 aromatic heterocycles. The number of pyridine rings is 1. The molecule has 10 heteroatoms. The van der Waals surface area contributed by atoms with Crippen LogP contribution < -0.4 is 14.8 Å². The van der Waals surface area contributed by atoms with Gasteiger partial charge in [0.15, 0.2) is 0 Å². The van der Waals surface area contributed by atoms with Gasteiger partial charge in [-0.1, -0.05) is 11.2 Å². The molecule has 0 fully saturated rings. The number of hydrogen-bond acceptors (Lipinski definition) is 9. The Kier molecular flexibility index (Phi) is 5.77. The van der Waals surface area contributed by atoms with E-state index in [4.69, 9.17) is 19.1 Å². The summed E-state index contributed by atoms with van der Waals surface area (Å²) in [6.45, 7) is 1.92. The van der Waals surface area contributed by atoms with Gasteiger partial charge >= 0.3 is 6.09 Å². The molecule has 26 heavy (non-hydrogen) atoms. The van der Waals surface area contributed by atoms with E-state index >= 15 is 0 Å². The normalized spacial score (nSPS) is 10.5. The second-order valence-corrected chi connectivity index (χ2v) is 5.86. The van der Waals surface area contributed by atoms with Crippen molar-refractivity contribution in [1.82, 2.24) is 19.8 Å². The maximum atomic E-state index is 11.4. The van der Waals surface area contributed by atoms with Crippen molar-refractivity contribution in [1.29, 1.82) is 0 Å². The maximum Gasteiger partial charge on any atom is 0.413 e. The Hall–Kier alpha value is -2.98. The van der Waals surface area contributed by atoms with Crippen LogP contribution in [0.5, 0.6) is 10.9 Å². The zero-order valence-corrected chi connectivity index (χ0v) is 14.7. The van der Waals surface area contributed by atoms with Gasteiger partial charge in [0.05, 0.1) is 23.9 Å². The monoisotopic (exact) mass is 376 g/mol. The molecule has 136 valence electrons. The Morgan fingerprint density at radius 2 is 2.31 bits per heavy atom. The number of aliphatic hydroxyl groups excluding tert-OH is 1. The highest BCUT2D eigenvalue weighted by Gasteiger charge is 2.17. The summed E-state index contributed by atoms with van der Waals surface area (Å²) in [6.07, 6.45) is 1.01. The summed E-state index contributed by atoms with van der Waals surface area (Å²) in [7, 11) is 0. The highest BCUT2D eigenvalue weighted by Crippen LogP contribution is 2.28. The Morgan fingerprint density at radius 3 is 3.08 bits per heavy atom. The van der Waals surface area contributed by atoms with Crippen LogP contribution in [0.4, 0.5) is 4.79 Å². The lowest BCUT2D eigenvalue weighted by molar-refractivity contribution is 0.197. The molecule has 0 unspecified atom stereocenters. The van der Waals surface area contributed by atoms with Gasteiger partial charge in [-0.3, -0.25) is 4.98 Å². The van der Waals surface area contributed by atoms with Crippen LogP contribution in [0.1, 0.15) is 11.3 Å². The molecule has 0 bridgehead atoms. The van der Waals surface area contributed by atoms with Gasteiger partial charge in [0.1, 0.15) is 18.1 Å². The van der Waals surface area contributed by atoms with E-state index in [0.29, 0.717) is 23.0 Å². The first kappa shape index (κ1) is 17.8. The van der Waals surface area contributed by atoms with Crippen molar-refractivity contribution in [2.75, 3.05) is 13.2 Å². The summed E-state index contributed by atoms with van der Waals surface area (Å²) in [5.41, 5.74) is 2.06. The van der Waals surface area contributed by atoms with E-state index < -0.39 is 6.09 Å². The minimum absolute atomic E-state index is 0.115. The molecule has 1 amide bonds. The number of ether oxygens (including phenoxy) is 2. The molecule has 0 spiro atoms. The molecule has 0 aliphatic heterocycles. The number of carbonyl (C=O) groups excluding carboxylic acids is 1. The lowest BCUT2D eigenvalue weighted by Gasteiger charge is -2.03. The third-order valence-corrected chi connectivity index (χ3v) is 3.95. The molecule has 0 aliphatic rings. The molecule has 0 aliphatic carbocycles. The minimum atomic E-state index is -0.665. The highest BCUT2D eigenvalue weighted by atomic mass is 32.1. The van der Waals surface area contributed by atoms with Crippen LogP contribution in [0.2, 0.25) is 0 Å². The van der Waals surface area contributed by atoms with E-state index in [1.807, 2.05) is 18.2 Å². The van der Waals surface area contributed by atoms with Gasteiger partial charge < -0.3 is 24.4 Å². The van der Waals surface area contributed by atoms with Gasteiger partial charge in [-0.15, -0.1) is 0 Å². The van der Waals surface area contributed by atoms with Crippen LogP contribution in [-0.4, -0.2) is 38.9 Å². The van der Waals surface area contributed by atoms with Crippen LogP contribution in [0.15, 0.2) is 35.0 Å². The average Bonchev–Trinajstić information content (AvgIpc) is 3.25. The molecular weight excluding hydrogens is 360 g/mol. The lowest BCUT2D eigenvalue weighted by Crippen LogP contribution is -2.29. The lowest BCUT2D eigenvalue weighted by atomic mass is 10.1. The Labute approximate surface area is 152 Å². The molecule has 3 rings (SSSR count). The second-order valence-electron chi connectivity index (χ2n) is 5.09. The Balaban J connectivity index is 1.64. The van der Waals surface area contributed by atoms with Crippen molar-refractivity contribution in [2.45, 2.75) is 13.5 Å². The number of nitrogens with zero attached hydrogens (tertiary/aromatic N) is 3. The Morgan fingerprint density at radius 1 is 1.42 bits per heavy atom. The van der Waals surface area contributed by atoms with Crippen LogP contribution in [0.25, 0.3) is 11.4 Å². The third-order valence-electron chi connectivity index (χ3n) is 3.30. The zero-order chi connectivity index (χ0) is 18.4. The molecule has 3 aromatic rings. The predicted molar refractivity (Wildman–Crippen MR) is 92.0 cm³/mol. The fraction of sp³-hybridized carbons (Fsp3) is 0.250. The van der Waals surface area contributed by atoms with Gasteiger partial charge in [0.2, 0.25) is 10.9 Å². The van der Waals surface area contributed by atoms with E-state index in [-0.39, 0.29) is 24.8 Å². The van der Waals surface area contributed by atoms with Crippen LogP contribution in [-0.2, 0) is 6.61 Å². The van der Waals surface area contributed by atoms with Gasteiger partial charge in [-0.2, -0.15) is 4.37 Å². The van der Waals surface area contributed by atoms with E-state index in [1.54, 1.807) is 13.1 Å². The molecule has 0 saturated heterocycles. The van der Waals surface area contributed by atoms with E-state index in [0.717, 1.165) is 17.1 Å². The molecule has 3 heterocycles.